The number of hydrogen-bond acceptors (Lipinski definition) is 6. The van der Waals surface area contributed by atoms with Gasteiger partial charge in [-0.15, -0.1) is 11.8 Å². The lowest BCUT2D eigenvalue weighted by molar-refractivity contribution is -0.119. The number of aromatic nitrogens is 1. The number of carbonyl (C=O) groups excluding carboxylic acids is 2. The van der Waals surface area contributed by atoms with E-state index >= 15 is 0 Å². The van der Waals surface area contributed by atoms with Gasteiger partial charge in [0.25, 0.3) is 5.91 Å². The summed E-state index contributed by atoms with van der Waals surface area (Å²) in [5, 5.41) is 19.6. The van der Waals surface area contributed by atoms with Crippen LogP contribution >= 0.6 is 11.8 Å². The summed E-state index contributed by atoms with van der Waals surface area (Å²) < 4.78 is 14.1. The van der Waals surface area contributed by atoms with E-state index in [2.05, 4.69) is 11.1 Å². The van der Waals surface area contributed by atoms with Gasteiger partial charge in [-0.3, -0.25) is 9.78 Å². The molecule has 0 radical (unpaired) electrons. The Labute approximate surface area is 205 Å². The summed E-state index contributed by atoms with van der Waals surface area (Å²) in [6, 6.07) is 13.1. The van der Waals surface area contributed by atoms with E-state index < -0.39 is 29.0 Å². The number of benzene rings is 2. The van der Waals surface area contributed by atoms with Gasteiger partial charge in [0.15, 0.2) is 0 Å². The van der Waals surface area contributed by atoms with Crippen LogP contribution in [0, 0.1) is 35.4 Å². The van der Waals surface area contributed by atoms with E-state index in [9.17, 15) is 24.5 Å². The molecule has 0 spiro atoms. The molecular weight excluding hydrogens is 465 g/mol. The maximum atomic E-state index is 14.1. The van der Waals surface area contributed by atoms with Gasteiger partial charge >= 0.3 is 6.03 Å². The summed E-state index contributed by atoms with van der Waals surface area (Å²) in [5.41, 5.74) is 1.43. The quantitative estimate of drug-likeness (QED) is 0.530. The first-order chi connectivity index (χ1) is 16.9. The monoisotopic (exact) mass is 483 g/mol. The van der Waals surface area contributed by atoms with Crippen LogP contribution in [0.15, 0.2) is 54.9 Å². The average molecular weight is 484 g/mol. The smallest absolute Gasteiger partial charge is 0.315 e. The Morgan fingerprint density at radius 1 is 1.17 bits per heavy atom. The molecule has 3 heterocycles. The molecule has 2 unspecified atom stereocenters. The van der Waals surface area contributed by atoms with Gasteiger partial charge in [-0.05, 0) is 30.7 Å². The lowest BCUT2D eigenvalue weighted by atomic mass is 10.0. The van der Waals surface area contributed by atoms with Crippen molar-refractivity contribution in [3.63, 3.8) is 0 Å². The normalized spacial score (nSPS) is 19.4. The molecule has 0 aliphatic carbocycles. The zero-order valence-electron chi connectivity index (χ0n) is 18.6. The third-order valence-electron chi connectivity index (χ3n) is 6.18. The molecule has 3 aromatic rings. The summed E-state index contributed by atoms with van der Waals surface area (Å²) in [6.07, 6.45) is 5.02. The lowest BCUT2D eigenvalue weighted by Crippen LogP contribution is -2.62. The Kier molecular flexibility index (Phi) is 5.72. The van der Waals surface area contributed by atoms with Crippen LogP contribution in [-0.2, 0) is 4.79 Å². The van der Waals surface area contributed by atoms with Crippen LogP contribution in [0.5, 0.6) is 0 Å². The third kappa shape index (κ3) is 3.71. The molecule has 0 N–H and O–H groups in total. The molecule has 3 amide bonds. The molecule has 35 heavy (non-hydrogen) atoms. The van der Waals surface area contributed by atoms with Gasteiger partial charge in [-0.2, -0.15) is 10.5 Å². The number of pyridine rings is 1. The molecule has 172 valence electrons. The number of amides is 3. The van der Waals surface area contributed by atoms with Crippen molar-refractivity contribution in [2.24, 2.45) is 0 Å². The molecule has 1 aromatic heterocycles. The second-order valence-electron chi connectivity index (χ2n) is 8.26. The Hall–Kier alpha value is -4.21. The SMILES string of the molecule is Cc1cc(C2=CC3C(S2)C(=O)N(c2cncc4ccccc24)C(=O)N3CCC#N)c(C#N)cc1F. The highest BCUT2D eigenvalue weighted by Gasteiger charge is 2.50. The molecule has 5 rings (SSSR count). The maximum absolute atomic E-state index is 14.1. The molecule has 9 heteroatoms. The number of carbonyl (C=O) groups is 2. The first-order valence-corrected chi connectivity index (χ1v) is 11.8. The maximum Gasteiger partial charge on any atom is 0.332 e. The number of nitrogens with zero attached hydrogens (tertiary/aromatic N) is 5. The Morgan fingerprint density at radius 2 is 1.97 bits per heavy atom. The second-order valence-corrected chi connectivity index (χ2v) is 9.44. The van der Waals surface area contributed by atoms with Gasteiger partial charge < -0.3 is 4.90 Å². The molecule has 2 atom stereocenters. The number of nitriles is 2. The number of anilines is 1. The number of imide groups is 1. The van der Waals surface area contributed by atoms with Gasteiger partial charge in [-0.25, -0.2) is 14.1 Å². The van der Waals surface area contributed by atoms with E-state index in [0.717, 1.165) is 10.3 Å². The van der Waals surface area contributed by atoms with Crippen molar-refractivity contribution in [3.8, 4) is 12.1 Å². The zero-order valence-corrected chi connectivity index (χ0v) is 19.4. The fraction of sp³-hybridized carbons (Fsp3) is 0.192. The van der Waals surface area contributed by atoms with Crippen molar-refractivity contribution in [3.05, 3.63) is 77.4 Å². The topological polar surface area (TPSA) is 101 Å². The first-order valence-electron chi connectivity index (χ1n) is 10.9. The predicted molar refractivity (Wildman–Crippen MR) is 131 cm³/mol. The van der Waals surface area contributed by atoms with Crippen molar-refractivity contribution < 1.29 is 14.0 Å². The highest BCUT2D eigenvalue weighted by atomic mass is 32.2. The third-order valence-corrected chi connectivity index (χ3v) is 7.53. The zero-order chi connectivity index (χ0) is 24.7. The predicted octanol–water partition coefficient (Wildman–Crippen LogP) is 4.76. The van der Waals surface area contributed by atoms with Crippen LogP contribution in [0.2, 0.25) is 0 Å². The van der Waals surface area contributed by atoms with E-state index in [1.165, 1.54) is 28.9 Å². The summed E-state index contributed by atoms with van der Waals surface area (Å²) in [4.78, 5) is 34.9. The molecule has 1 saturated heterocycles. The Morgan fingerprint density at radius 3 is 2.74 bits per heavy atom. The minimum atomic E-state index is -0.683. The molecular formula is C26H18FN5O2S. The molecule has 2 aromatic carbocycles. The Bertz CT molecular complexity index is 1500. The Balaban J connectivity index is 1.60. The number of hydrogen-bond donors (Lipinski definition) is 0. The minimum absolute atomic E-state index is 0.0950. The first kappa shape index (κ1) is 22.6. The van der Waals surface area contributed by atoms with Crippen molar-refractivity contribution in [1.29, 1.82) is 10.5 Å². The van der Waals surface area contributed by atoms with Gasteiger partial charge in [0, 0.05) is 34.0 Å². The van der Waals surface area contributed by atoms with Crippen LogP contribution in [0.4, 0.5) is 14.9 Å². The van der Waals surface area contributed by atoms with E-state index in [1.807, 2.05) is 30.3 Å². The van der Waals surface area contributed by atoms with Crippen molar-refractivity contribution in [2.45, 2.75) is 24.6 Å². The highest BCUT2D eigenvalue weighted by molar-refractivity contribution is 8.09. The standard InChI is InChI=1S/C26H18FN5O2S/c1-15-9-19(17(12-29)10-20(15)27)23-11-21-24(35-23)25(33)32(26(34)31(21)8-4-7-28)22-14-30-13-16-5-2-3-6-18(16)22/h2-3,5-6,9-11,13-14,21,24H,4,8H2,1H3. The van der Waals surface area contributed by atoms with Crippen LogP contribution in [0.3, 0.4) is 0 Å². The lowest BCUT2D eigenvalue weighted by Gasteiger charge is -2.41. The van der Waals surface area contributed by atoms with E-state index in [0.29, 0.717) is 27.1 Å². The van der Waals surface area contributed by atoms with Crippen LogP contribution in [-0.4, -0.2) is 39.7 Å². The van der Waals surface area contributed by atoms with Crippen molar-refractivity contribution >= 4 is 45.1 Å². The average Bonchev–Trinajstić information content (AvgIpc) is 3.31. The summed E-state index contributed by atoms with van der Waals surface area (Å²) in [7, 11) is 0. The van der Waals surface area contributed by atoms with Gasteiger partial charge in [-0.1, -0.05) is 24.3 Å². The largest absolute Gasteiger partial charge is 0.332 e. The number of aryl methyl sites for hydroxylation is 1. The molecule has 2 aliphatic rings. The van der Waals surface area contributed by atoms with Crippen molar-refractivity contribution in [2.75, 3.05) is 11.4 Å². The minimum Gasteiger partial charge on any atom is -0.315 e. The highest BCUT2D eigenvalue weighted by Crippen LogP contribution is 2.46. The summed E-state index contributed by atoms with van der Waals surface area (Å²) >= 11 is 1.24. The fourth-order valence-corrected chi connectivity index (χ4v) is 5.82. The number of fused-ring (bicyclic) bond motifs is 2. The number of thioether (sulfide) groups is 1. The number of rotatable bonds is 4. The molecule has 2 aliphatic heterocycles. The van der Waals surface area contributed by atoms with Gasteiger partial charge in [0.05, 0.1) is 42.0 Å². The van der Waals surface area contributed by atoms with Crippen LogP contribution in [0.1, 0.15) is 23.1 Å². The second kappa shape index (κ2) is 8.86. The fourth-order valence-electron chi connectivity index (χ4n) is 4.46. The van der Waals surface area contributed by atoms with Crippen LogP contribution < -0.4 is 4.90 Å². The van der Waals surface area contributed by atoms with Crippen LogP contribution in [0.25, 0.3) is 15.7 Å². The number of halogens is 1. The molecule has 0 saturated carbocycles. The summed E-state index contributed by atoms with van der Waals surface area (Å²) in [6.45, 7) is 1.74. The van der Waals surface area contributed by atoms with E-state index in [4.69, 9.17) is 0 Å². The summed E-state index contributed by atoms with van der Waals surface area (Å²) in [5.74, 6) is -0.886. The molecule has 1 fully saturated rings. The molecule has 0 bridgehead atoms. The van der Waals surface area contributed by atoms with Crippen molar-refractivity contribution in [1.82, 2.24) is 9.88 Å². The molecule has 7 nitrogen and oxygen atoms in total. The number of urea groups is 1. The van der Waals surface area contributed by atoms with E-state index in [1.54, 1.807) is 25.3 Å². The van der Waals surface area contributed by atoms with Gasteiger partial charge in [0.1, 0.15) is 11.1 Å². The van der Waals surface area contributed by atoms with E-state index in [-0.39, 0.29) is 18.5 Å². The van der Waals surface area contributed by atoms with Gasteiger partial charge in [0.2, 0.25) is 0 Å².